The van der Waals surface area contributed by atoms with E-state index in [1.165, 1.54) is 49.6 Å². The van der Waals surface area contributed by atoms with Crippen LogP contribution in [0.25, 0.3) is 0 Å². The average molecular weight is 354 g/mol. The molecule has 1 N–H and O–H groups in total. The highest BCUT2D eigenvalue weighted by Gasteiger charge is 2.15. The van der Waals surface area contributed by atoms with Crippen molar-refractivity contribution in [1.82, 2.24) is 0 Å². The van der Waals surface area contributed by atoms with Crippen molar-refractivity contribution in [2.75, 3.05) is 12.4 Å². The van der Waals surface area contributed by atoms with Gasteiger partial charge < -0.3 is 10.1 Å². The first kappa shape index (κ1) is 17.7. The number of rotatable bonds is 6. The molecule has 126 valence electrons. The molecule has 0 radical (unpaired) electrons. The lowest BCUT2D eigenvalue weighted by molar-refractivity contribution is -0.384. The van der Waals surface area contributed by atoms with E-state index in [0.717, 1.165) is 0 Å². The van der Waals surface area contributed by atoms with Crippen molar-refractivity contribution < 1.29 is 23.2 Å². The van der Waals surface area contributed by atoms with Gasteiger partial charge in [-0.1, -0.05) is 11.8 Å². The maximum atomic E-state index is 12.3. The number of nitrogens with one attached hydrogen (secondary N) is 1. The number of benzene rings is 2. The Morgan fingerprint density at radius 2 is 1.92 bits per heavy atom. The van der Waals surface area contributed by atoms with Crippen LogP contribution in [0.1, 0.15) is 10.4 Å². The van der Waals surface area contributed by atoms with Crippen molar-refractivity contribution in [3.8, 4) is 5.75 Å². The summed E-state index contributed by atoms with van der Waals surface area (Å²) in [6.07, 6.45) is 0. The smallest absolute Gasteiger partial charge is 0.288 e. The number of carbonyl (C=O) groups is 1. The van der Waals surface area contributed by atoms with E-state index in [0.29, 0.717) is 16.7 Å². The fraction of sp³-hybridized carbons (Fsp3) is 0.133. The summed E-state index contributed by atoms with van der Waals surface area (Å²) in [6, 6.07) is 9.39. The minimum atomic E-state index is -2.54. The highest BCUT2D eigenvalue weighted by Crippen LogP contribution is 2.30. The number of hydrogen-bond acceptors (Lipinski definition) is 5. The molecule has 2 aromatic carbocycles. The molecule has 0 heterocycles. The Morgan fingerprint density at radius 1 is 1.25 bits per heavy atom. The number of alkyl halides is 2. The largest absolute Gasteiger partial charge is 0.495 e. The molecule has 0 saturated heterocycles. The van der Waals surface area contributed by atoms with Crippen LogP contribution < -0.4 is 10.1 Å². The van der Waals surface area contributed by atoms with Crippen LogP contribution in [0.2, 0.25) is 0 Å². The zero-order valence-electron chi connectivity index (χ0n) is 12.4. The predicted octanol–water partition coefficient (Wildman–Crippen LogP) is 4.17. The zero-order chi connectivity index (χ0) is 17.7. The molecule has 2 rings (SSSR count). The second-order valence-electron chi connectivity index (χ2n) is 4.50. The van der Waals surface area contributed by atoms with Crippen molar-refractivity contribution in [1.29, 1.82) is 0 Å². The number of nitro groups is 1. The Morgan fingerprint density at radius 3 is 2.46 bits per heavy atom. The van der Waals surface area contributed by atoms with Crippen molar-refractivity contribution in [2.45, 2.75) is 10.7 Å². The van der Waals surface area contributed by atoms with Gasteiger partial charge in [0.05, 0.1) is 17.7 Å². The molecule has 2 aromatic rings. The van der Waals surface area contributed by atoms with Gasteiger partial charge in [0, 0.05) is 22.6 Å². The van der Waals surface area contributed by atoms with Crippen molar-refractivity contribution in [3.63, 3.8) is 0 Å². The lowest BCUT2D eigenvalue weighted by Gasteiger charge is -2.10. The first-order chi connectivity index (χ1) is 11.4. The Kier molecular flexibility index (Phi) is 5.69. The second kappa shape index (κ2) is 7.73. The summed E-state index contributed by atoms with van der Waals surface area (Å²) in [4.78, 5) is 22.8. The average Bonchev–Trinajstić information content (AvgIpc) is 2.54. The molecule has 0 aliphatic rings. The fourth-order valence-corrected chi connectivity index (χ4v) is 2.39. The number of halogens is 2. The normalized spacial score (nSPS) is 10.5. The second-order valence-corrected chi connectivity index (χ2v) is 5.56. The first-order valence-electron chi connectivity index (χ1n) is 6.59. The summed E-state index contributed by atoms with van der Waals surface area (Å²) in [6.45, 7) is 0. The van der Waals surface area contributed by atoms with Gasteiger partial charge in [-0.25, -0.2) is 0 Å². The molecule has 0 aromatic heterocycles. The number of methoxy groups -OCH3 is 1. The molecular formula is C15H12F2N2O4S. The van der Waals surface area contributed by atoms with Crippen LogP contribution in [0.4, 0.5) is 20.2 Å². The first-order valence-corrected chi connectivity index (χ1v) is 7.47. The van der Waals surface area contributed by atoms with Crippen LogP contribution in [-0.2, 0) is 0 Å². The van der Waals surface area contributed by atoms with Gasteiger partial charge in [-0.3, -0.25) is 14.9 Å². The molecule has 9 heteroatoms. The van der Waals surface area contributed by atoms with E-state index in [9.17, 15) is 23.7 Å². The number of hydrogen-bond donors (Lipinski definition) is 1. The van der Waals surface area contributed by atoms with Gasteiger partial charge in [0.1, 0.15) is 5.75 Å². The third kappa shape index (κ3) is 4.42. The molecule has 24 heavy (non-hydrogen) atoms. The summed E-state index contributed by atoms with van der Waals surface area (Å²) in [5, 5.41) is 13.3. The van der Waals surface area contributed by atoms with Gasteiger partial charge in [0.2, 0.25) is 0 Å². The van der Waals surface area contributed by atoms with E-state index in [1.807, 2.05) is 0 Å². The van der Waals surface area contributed by atoms with Gasteiger partial charge in [0.25, 0.3) is 17.4 Å². The van der Waals surface area contributed by atoms with Gasteiger partial charge >= 0.3 is 0 Å². The van der Waals surface area contributed by atoms with Crippen molar-refractivity contribution in [2.24, 2.45) is 0 Å². The monoisotopic (exact) mass is 354 g/mol. The third-order valence-electron chi connectivity index (χ3n) is 2.98. The quantitative estimate of drug-likeness (QED) is 0.478. The molecule has 0 aliphatic carbocycles. The molecule has 6 nitrogen and oxygen atoms in total. The number of non-ortho nitro benzene ring substituents is 1. The third-order valence-corrected chi connectivity index (χ3v) is 3.71. The van der Waals surface area contributed by atoms with E-state index in [1.54, 1.807) is 0 Å². The number of thioether (sulfide) groups is 1. The van der Waals surface area contributed by atoms with Gasteiger partial charge in [0.15, 0.2) is 0 Å². The van der Waals surface area contributed by atoms with Gasteiger partial charge in [-0.15, -0.1) is 0 Å². The molecule has 1 amide bonds. The number of nitrogens with zero attached hydrogens (tertiary/aromatic N) is 1. The van der Waals surface area contributed by atoms with Crippen molar-refractivity contribution >= 4 is 29.0 Å². The minimum absolute atomic E-state index is 0.141. The number of nitro benzene ring substituents is 1. The molecular weight excluding hydrogens is 342 g/mol. The SMILES string of the molecule is COc1ccc([N+](=O)[O-])cc1NC(=O)c1ccc(SC(F)F)cc1. The van der Waals surface area contributed by atoms with Crippen LogP contribution >= 0.6 is 11.8 Å². The summed E-state index contributed by atoms with van der Waals surface area (Å²) in [5.41, 5.74) is 0.166. The van der Waals surface area contributed by atoms with E-state index in [4.69, 9.17) is 4.74 Å². The summed E-state index contributed by atoms with van der Waals surface area (Å²) in [7, 11) is 1.37. The van der Waals surface area contributed by atoms with E-state index in [2.05, 4.69) is 5.32 Å². The van der Waals surface area contributed by atoms with E-state index < -0.39 is 16.6 Å². The van der Waals surface area contributed by atoms with Crippen LogP contribution in [0, 0.1) is 10.1 Å². The Balaban J connectivity index is 2.19. The molecule has 0 saturated carbocycles. The Labute approximate surface area is 140 Å². The maximum Gasteiger partial charge on any atom is 0.288 e. The highest BCUT2D eigenvalue weighted by atomic mass is 32.2. The zero-order valence-corrected chi connectivity index (χ0v) is 13.2. The van der Waals surface area contributed by atoms with Crippen LogP contribution in [0.5, 0.6) is 5.75 Å². The van der Waals surface area contributed by atoms with Gasteiger partial charge in [-0.2, -0.15) is 8.78 Å². The molecule has 0 atom stereocenters. The molecule has 0 fully saturated rings. The summed E-state index contributed by atoms with van der Waals surface area (Å²) >= 11 is 0.374. The van der Waals surface area contributed by atoms with Crippen LogP contribution in [0.15, 0.2) is 47.4 Å². The number of carbonyl (C=O) groups excluding carboxylic acids is 1. The molecule has 0 spiro atoms. The standard InChI is InChI=1S/C15H12F2N2O4S/c1-23-13-7-4-10(19(21)22)8-12(13)18-14(20)9-2-5-11(6-3-9)24-15(16)17/h2-8,15H,1H3,(H,18,20). The highest BCUT2D eigenvalue weighted by molar-refractivity contribution is 7.99. The summed E-state index contributed by atoms with van der Waals surface area (Å²) < 4.78 is 29.6. The molecule has 0 bridgehead atoms. The minimum Gasteiger partial charge on any atom is -0.495 e. The number of anilines is 1. The lowest BCUT2D eigenvalue weighted by Crippen LogP contribution is -2.12. The summed E-state index contributed by atoms with van der Waals surface area (Å²) in [5.74, 6) is -2.82. The lowest BCUT2D eigenvalue weighted by atomic mass is 10.2. The molecule has 0 aliphatic heterocycles. The predicted molar refractivity (Wildman–Crippen MR) is 85.9 cm³/mol. The number of ether oxygens (including phenoxy) is 1. The Bertz CT molecular complexity index is 754. The maximum absolute atomic E-state index is 12.3. The van der Waals surface area contributed by atoms with Gasteiger partial charge in [-0.05, 0) is 30.3 Å². The fourth-order valence-electron chi connectivity index (χ4n) is 1.89. The van der Waals surface area contributed by atoms with Crippen LogP contribution in [-0.4, -0.2) is 23.7 Å². The van der Waals surface area contributed by atoms with Crippen molar-refractivity contribution in [3.05, 3.63) is 58.1 Å². The topological polar surface area (TPSA) is 81.5 Å². The molecule has 0 unspecified atom stereocenters. The van der Waals surface area contributed by atoms with Crippen LogP contribution in [0.3, 0.4) is 0 Å². The number of amides is 1. The Hall–Kier alpha value is -2.68. The van der Waals surface area contributed by atoms with E-state index in [-0.39, 0.29) is 22.7 Å². The van der Waals surface area contributed by atoms with E-state index >= 15 is 0 Å².